The van der Waals surface area contributed by atoms with Gasteiger partial charge in [-0.05, 0) is 31.6 Å². The molecule has 0 aliphatic carbocycles. The lowest BCUT2D eigenvalue weighted by Crippen LogP contribution is -2.39. The second-order valence-electron chi connectivity index (χ2n) is 6.47. The fourth-order valence-corrected chi connectivity index (χ4v) is 2.43. The zero-order chi connectivity index (χ0) is 18.6. The number of rotatable bonds is 7. The van der Waals surface area contributed by atoms with Gasteiger partial charge < -0.3 is 29.5 Å². The van der Waals surface area contributed by atoms with Crippen molar-refractivity contribution >= 4 is 12.0 Å². The largest absolute Gasteiger partial charge is 0.496 e. The SMILES string of the molecule is COc1cc2c(cc1/C=C/C(=O)OCC(O)CO)CC(C(C)(C)O)O2. The molecule has 0 spiro atoms. The quantitative estimate of drug-likeness (QED) is 0.489. The molecule has 7 heteroatoms. The van der Waals surface area contributed by atoms with Crippen LogP contribution in [-0.2, 0) is 16.0 Å². The fourth-order valence-electron chi connectivity index (χ4n) is 2.43. The molecule has 2 atom stereocenters. The summed E-state index contributed by atoms with van der Waals surface area (Å²) in [6.07, 6.45) is 1.87. The number of carbonyl (C=O) groups is 1. The van der Waals surface area contributed by atoms with E-state index in [0.29, 0.717) is 23.5 Å². The van der Waals surface area contributed by atoms with E-state index >= 15 is 0 Å². The molecule has 1 aromatic carbocycles. The summed E-state index contributed by atoms with van der Waals surface area (Å²) >= 11 is 0. The Balaban J connectivity index is 2.12. The van der Waals surface area contributed by atoms with Crippen LogP contribution < -0.4 is 9.47 Å². The lowest BCUT2D eigenvalue weighted by molar-refractivity contribution is -0.141. The molecule has 1 heterocycles. The molecule has 1 aliphatic heterocycles. The molecule has 0 saturated heterocycles. The van der Waals surface area contributed by atoms with Gasteiger partial charge in [0.15, 0.2) is 0 Å². The Morgan fingerprint density at radius 3 is 2.80 bits per heavy atom. The van der Waals surface area contributed by atoms with Gasteiger partial charge >= 0.3 is 5.97 Å². The lowest BCUT2D eigenvalue weighted by Gasteiger charge is -2.24. The second kappa shape index (κ2) is 7.86. The Morgan fingerprint density at radius 2 is 2.20 bits per heavy atom. The van der Waals surface area contributed by atoms with Crippen LogP contribution in [0.15, 0.2) is 18.2 Å². The second-order valence-corrected chi connectivity index (χ2v) is 6.47. The Labute approximate surface area is 146 Å². The van der Waals surface area contributed by atoms with Crippen LogP contribution in [0.4, 0.5) is 0 Å². The fraction of sp³-hybridized carbons (Fsp3) is 0.500. The maximum Gasteiger partial charge on any atom is 0.330 e. The molecule has 0 amide bonds. The van der Waals surface area contributed by atoms with E-state index in [1.807, 2.05) is 6.07 Å². The van der Waals surface area contributed by atoms with Crippen LogP contribution >= 0.6 is 0 Å². The smallest absolute Gasteiger partial charge is 0.330 e. The van der Waals surface area contributed by atoms with Crippen LogP contribution in [0.1, 0.15) is 25.0 Å². The first kappa shape index (κ1) is 19.2. The number of esters is 1. The molecule has 0 fully saturated rings. The molecule has 0 bridgehead atoms. The van der Waals surface area contributed by atoms with Gasteiger partial charge in [-0.1, -0.05) is 0 Å². The zero-order valence-corrected chi connectivity index (χ0v) is 14.6. The standard InChI is InChI=1S/C18H24O7/c1-18(2,22)16-7-12-6-11(14(23-3)8-15(12)25-16)4-5-17(21)24-10-13(20)9-19/h4-6,8,13,16,19-20,22H,7,9-10H2,1-3H3/b5-4+. The van der Waals surface area contributed by atoms with Crippen molar-refractivity contribution in [1.82, 2.24) is 0 Å². The van der Waals surface area contributed by atoms with E-state index in [9.17, 15) is 9.90 Å². The van der Waals surface area contributed by atoms with E-state index in [4.69, 9.17) is 24.4 Å². The summed E-state index contributed by atoms with van der Waals surface area (Å²) in [6, 6.07) is 3.56. The number of aliphatic hydroxyl groups is 3. The van der Waals surface area contributed by atoms with Crippen LogP contribution in [0.5, 0.6) is 11.5 Å². The van der Waals surface area contributed by atoms with Crippen LogP contribution in [-0.4, -0.2) is 59.4 Å². The van der Waals surface area contributed by atoms with Crippen molar-refractivity contribution in [3.05, 3.63) is 29.3 Å². The third kappa shape index (κ3) is 4.94. The van der Waals surface area contributed by atoms with E-state index < -0.39 is 24.3 Å². The molecule has 1 aliphatic rings. The van der Waals surface area contributed by atoms with Crippen LogP contribution in [0.25, 0.3) is 6.08 Å². The normalized spacial score (nSPS) is 17.9. The summed E-state index contributed by atoms with van der Waals surface area (Å²) in [4.78, 5) is 11.7. The molecule has 0 radical (unpaired) electrons. The zero-order valence-electron chi connectivity index (χ0n) is 14.6. The van der Waals surface area contributed by atoms with E-state index in [2.05, 4.69) is 0 Å². The van der Waals surface area contributed by atoms with Crippen LogP contribution in [0, 0.1) is 0 Å². The highest BCUT2D eigenvalue weighted by atomic mass is 16.5. The topological polar surface area (TPSA) is 105 Å². The first-order valence-corrected chi connectivity index (χ1v) is 7.98. The van der Waals surface area contributed by atoms with Gasteiger partial charge in [0.25, 0.3) is 0 Å². The van der Waals surface area contributed by atoms with Crippen LogP contribution in [0.2, 0.25) is 0 Å². The Kier molecular flexibility index (Phi) is 6.05. The highest BCUT2D eigenvalue weighted by molar-refractivity contribution is 5.87. The molecule has 3 N–H and O–H groups in total. The van der Waals surface area contributed by atoms with E-state index in [1.54, 1.807) is 26.0 Å². The van der Waals surface area contributed by atoms with Gasteiger partial charge in [0, 0.05) is 24.1 Å². The molecular formula is C18H24O7. The van der Waals surface area contributed by atoms with Crippen LogP contribution in [0.3, 0.4) is 0 Å². The summed E-state index contributed by atoms with van der Waals surface area (Å²) in [5.74, 6) is 0.532. The number of aliphatic hydroxyl groups excluding tert-OH is 2. The maximum absolute atomic E-state index is 11.7. The van der Waals surface area contributed by atoms with Crippen molar-refractivity contribution in [3.8, 4) is 11.5 Å². The average molecular weight is 352 g/mol. The summed E-state index contributed by atoms with van der Waals surface area (Å²) in [5, 5.41) is 28.0. The summed E-state index contributed by atoms with van der Waals surface area (Å²) in [6.45, 7) is 2.64. The molecule has 0 saturated carbocycles. The van der Waals surface area contributed by atoms with Crippen molar-refractivity contribution in [2.24, 2.45) is 0 Å². The molecule has 2 rings (SSSR count). The summed E-state index contributed by atoms with van der Waals surface area (Å²) < 4.78 is 15.9. The van der Waals surface area contributed by atoms with Crippen molar-refractivity contribution in [1.29, 1.82) is 0 Å². The molecule has 138 valence electrons. The third-order valence-corrected chi connectivity index (χ3v) is 3.90. The molecule has 1 aromatic rings. The minimum absolute atomic E-state index is 0.276. The predicted octanol–water partition coefficient (Wildman–Crippen LogP) is 0.679. The van der Waals surface area contributed by atoms with Gasteiger partial charge in [-0.2, -0.15) is 0 Å². The maximum atomic E-state index is 11.7. The van der Waals surface area contributed by atoms with Crippen molar-refractivity contribution in [2.45, 2.75) is 38.1 Å². The minimum Gasteiger partial charge on any atom is -0.496 e. The van der Waals surface area contributed by atoms with Gasteiger partial charge in [0.2, 0.25) is 0 Å². The van der Waals surface area contributed by atoms with Gasteiger partial charge in [0.05, 0.1) is 19.3 Å². The highest BCUT2D eigenvalue weighted by Gasteiger charge is 2.35. The molecule has 7 nitrogen and oxygen atoms in total. The Hall–Kier alpha value is -2.09. The minimum atomic E-state index is -1.09. The van der Waals surface area contributed by atoms with E-state index in [0.717, 1.165) is 5.56 Å². The number of hydrogen-bond acceptors (Lipinski definition) is 7. The van der Waals surface area contributed by atoms with Gasteiger partial charge in [0.1, 0.15) is 30.3 Å². The third-order valence-electron chi connectivity index (χ3n) is 3.90. The predicted molar refractivity (Wildman–Crippen MR) is 90.5 cm³/mol. The van der Waals surface area contributed by atoms with Gasteiger partial charge in [-0.3, -0.25) is 0 Å². The average Bonchev–Trinajstić information content (AvgIpc) is 2.99. The van der Waals surface area contributed by atoms with E-state index in [-0.39, 0.29) is 12.7 Å². The first-order chi connectivity index (χ1) is 11.7. The number of hydrogen-bond donors (Lipinski definition) is 3. The van der Waals surface area contributed by atoms with Crippen molar-refractivity contribution in [3.63, 3.8) is 0 Å². The molecule has 25 heavy (non-hydrogen) atoms. The number of fused-ring (bicyclic) bond motifs is 1. The van der Waals surface area contributed by atoms with Crippen molar-refractivity contribution < 1.29 is 34.3 Å². The molecular weight excluding hydrogens is 328 g/mol. The number of benzene rings is 1. The van der Waals surface area contributed by atoms with Gasteiger partial charge in [-0.15, -0.1) is 0 Å². The summed E-state index contributed by atoms with van der Waals surface area (Å²) in [7, 11) is 1.51. The summed E-state index contributed by atoms with van der Waals surface area (Å²) in [5.41, 5.74) is 0.608. The van der Waals surface area contributed by atoms with E-state index in [1.165, 1.54) is 13.2 Å². The van der Waals surface area contributed by atoms with Gasteiger partial charge in [-0.25, -0.2) is 4.79 Å². The Bertz CT molecular complexity index is 646. The monoisotopic (exact) mass is 352 g/mol. The van der Waals surface area contributed by atoms with Crippen molar-refractivity contribution in [2.75, 3.05) is 20.3 Å². The lowest BCUT2D eigenvalue weighted by atomic mass is 9.96. The Morgan fingerprint density at radius 1 is 1.48 bits per heavy atom. The molecule has 0 aromatic heterocycles. The molecule has 2 unspecified atom stereocenters. The number of methoxy groups -OCH3 is 1. The number of ether oxygens (including phenoxy) is 3. The highest BCUT2D eigenvalue weighted by Crippen LogP contribution is 2.38. The first-order valence-electron chi connectivity index (χ1n) is 7.98. The number of carbonyl (C=O) groups excluding carboxylic acids is 1.